The van der Waals surface area contributed by atoms with Gasteiger partial charge in [0.2, 0.25) is 0 Å². The molecule has 0 atom stereocenters. The van der Waals surface area contributed by atoms with Crippen LogP contribution in [-0.2, 0) is 0 Å². The van der Waals surface area contributed by atoms with E-state index in [4.69, 9.17) is 0 Å². The Morgan fingerprint density at radius 3 is 1.78 bits per heavy atom. The number of nitrogens with zero attached hydrogens (tertiary/aromatic N) is 2. The molecule has 6 heteroatoms. The van der Waals surface area contributed by atoms with Gasteiger partial charge >= 0.3 is 0 Å². The summed E-state index contributed by atoms with van der Waals surface area (Å²) in [5, 5.41) is 13.4. The maximum absolute atomic E-state index is 11.1. The molecule has 0 saturated carbocycles. The van der Waals surface area contributed by atoms with Crippen molar-refractivity contribution in [3.8, 4) is 0 Å². The van der Waals surface area contributed by atoms with Gasteiger partial charge in [0.05, 0.1) is 0 Å². The third-order valence-corrected chi connectivity index (χ3v) is 3.85. The third kappa shape index (κ3) is 4.38. The van der Waals surface area contributed by atoms with Crippen molar-refractivity contribution in [2.45, 2.75) is 0 Å². The summed E-state index contributed by atoms with van der Waals surface area (Å²) in [7, 11) is 0. The second kappa shape index (κ2) is 8.44. The summed E-state index contributed by atoms with van der Waals surface area (Å²) in [5.41, 5.74) is 1.06. The standard InChI is InChI=1S/C12H10N2O2.C9H7NO/c15-14(16)13(11-7-3-1-4-8-11)12-9-5-2-6-10-12;11-9-8-4-2-1-3-7(8)5-6-10-9/h1-10H;1-6H,(H,10,11). The van der Waals surface area contributed by atoms with Gasteiger partial charge in [-0.05, 0) is 41.8 Å². The van der Waals surface area contributed by atoms with E-state index in [1.807, 2.05) is 42.5 Å². The highest BCUT2D eigenvalue weighted by molar-refractivity contribution is 5.80. The van der Waals surface area contributed by atoms with Crippen molar-refractivity contribution in [1.29, 1.82) is 0 Å². The van der Waals surface area contributed by atoms with Crippen LogP contribution < -0.4 is 10.6 Å². The molecule has 134 valence electrons. The van der Waals surface area contributed by atoms with Crippen LogP contribution in [0.2, 0.25) is 0 Å². The number of nitro groups is 1. The van der Waals surface area contributed by atoms with Crippen LogP contribution in [0.5, 0.6) is 0 Å². The van der Waals surface area contributed by atoms with Crippen LogP contribution in [0.1, 0.15) is 0 Å². The van der Waals surface area contributed by atoms with Crippen molar-refractivity contribution < 1.29 is 5.03 Å². The van der Waals surface area contributed by atoms with Crippen molar-refractivity contribution >= 4 is 22.1 Å². The fourth-order valence-electron chi connectivity index (χ4n) is 2.61. The van der Waals surface area contributed by atoms with Gasteiger partial charge in [0.25, 0.3) is 5.56 Å². The van der Waals surface area contributed by atoms with Gasteiger partial charge in [0.15, 0.2) is 5.03 Å². The van der Waals surface area contributed by atoms with E-state index < -0.39 is 5.03 Å². The monoisotopic (exact) mass is 359 g/mol. The lowest BCUT2D eigenvalue weighted by Gasteiger charge is -2.13. The summed E-state index contributed by atoms with van der Waals surface area (Å²) < 4.78 is 0. The Kier molecular flexibility index (Phi) is 5.59. The fraction of sp³-hybridized carbons (Fsp3) is 0. The maximum atomic E-state index is 11.1. The van der Waals surface area contributed by atoms with Gasteiger partial charge < -0.3 is 4.98 Å². The lowest BCUT2D eigenvalue weighted by atomic mass is 10.2. The van der Waals surface area contributed by atoms with Crippen molar-refractivity contribution in [2.24, 2.45) is 0 Å². The number of para-hydroxylation sites is 2. The predicted molar refractivity (Wildman–Crippen MR) is 107 cm³/mol. The number of hydrogen-bond acceptors (Lipinski definition) is 3. The molecule has 3 aromatic carbocycles. The van der Waals surface area contributed by atoms with E-state index in [-0.39, 0.29) is 5.56 Å². The zero-order chi connectivity index (χ0) is 19.1. The molecular weight excluding hydrogens is 342 g/mol. The van der Waals surface area contributed by atoms with Crippen LogP contribution in [0.3, 0.4) is 0 Å². The van der Waals surface area contributed by atoms with E-state index in [1.165, 1.54) is 0 Å². The Hall–Kier alpha value is -3.93. The molecule has 1 aromatic heterocycles. The molecule has 4 rings (SSSR count). The molecule has 4 aromatic rings. The molecule has 0 spiro atoms. The average Bonchev–Trinajstić information content (AvgIpc) is 2.70. The Labute approximate surface area is 155 Å². The van der Waals surface area contributed by atoms with Gasteiger partial charge in [0.1, 0.15) is 11.4 Å². The first-order chi connectivity index (χ1) is 13.2. The van der Waals surface area contributed by atoms with Gasteiger partial charge in [-0.1, -0.05) is 59.6 Å². The largest absolute Gasteiger partial charge is 0.329 e. The van der Waals surface area contributed by atoms with E-state index in [0.717, 1.165) is 15.8 Å². The van der Waals surface area contributed by atoms with E-state index in [1.54, 1.807) is 54.7 Å². The van der Waals surface area contributed by atoms with E-state index >= 15 is 0 Å². The number of nitrogens with one attached hydrogen (secondary N) is 1. The number of aromatic amines is 1. The molecule has 0 amide bonds. The van der Waals surface area contributed by atoms with Crippen molar-refractivity contribution in [3.63, 3.8) is 0 Å². The number of fused-ring (bicyclic) bond motifs is 1. The summed E-state index contributed by atoms with van der Waals surface area (Å²) in [6.45, 7) is 0. The van der Waals surface area contributed by atoms with Crippen molar-refractivity contribution in [1.82, 2.24) is 4.98 Å². The summed E-state index contributed by atoms with van der Waals surface area (Å²) >= 11 is 0. The Balaban J connectivity index is 0.000000166. The summed E-state index contributed by atoms with van der Waals surface area (Å²) in [6, 6.07) is 27.0. The molecule has 27 heavy (non-hydrogen) atoms. The quantitative estimate of drug-likeness (QED) is 0.430. The summed E-state index contributed by atoms with van der Waals surface area (Å²) in [5.74, 6) is 0. The van der Waals surface area contributed by atoms with Crippen molar-refractivity contribution in [3.05, 3.63) is 118 Å². The minimum absolute atomic E-state index is 0.0249. The number of hydrogen-bond donors (Lipinski definition) is 1. The Morgan fingerprint density at radius 1 is 0.741 bits per heavy atom. The molecule has 6 nitrogen and oxygen atoms in total. The van der Waals surface area contributed by atoms with E-state index in [2.05, 4.69) is 4.98 Å². The highest BCUT2D eigenvalue weighted by Gasteiger charge is 2.18. The fourth-order valence-corrected chi connectivity index (χ4v) is 2.61. The smallest absolute Gasteiger partial charge is 0.255 e. The SMILES string of the molecule is O=[N+]([O-])N(c1ccccc1)c1ccccc1.O=c1[nH]ccc2ccccc12. The topological polar surface area (TPSA) is 79.2 Å². The zero-order valence-corrected chi connectivity index (χ0v) is 14.4. The van der Waals surface area contributed by atoms with Crippen LogP contribution in [0.4, 0.5) is 11.4 Å². The second-order valence-electron chi connectivity index (χ2n) is 5.61. The minimum atomic E-state index is -0.426. The molecule has 0 bridgehead atoms. The first-order valence-electron chi connectivity index (χ1n) is 8.28. The molecule has 0 saturated heterocycles. The molecule has 1 heterocycles. The van der Waals surface area contributed by atoms with Gasteiger partial charge in [-0.2, -0.15) is 0 Å². The molecule has 1 N–H and O–H groups in total. The number of hydrazine groups is 1. The predicted octanol–water partition coefficient (Wildman–Crippen LogP) is 4.54. The zero-order valence-electron chi connectivity index (χ0n) is 14.4. The molecule has 0 aliphatic rings. The second-order valence-corrected chi connectivity index (χ2v) is 5.61. The van der Waals surface area contributed by atoms with Gasteiger partial charge in [-0.15, -0.1) is 0 Å². The van der Waals surface area contributed by atoms with Crippen LogP contribution in [-0.4, -0.2) is 10.0 Å². The lowest BCUT2D eigenvalue weighted by Crippen LogP contribution is -2.23. The molecule has 0 unspecified atom stereocenters. The molecule has 0 radical (unpaired) electrons. The van der Waals surface area contributed by atoms with Crippen LogP contribution >= 0.6 is 0 Å². The van der Waals surface area contributed by atoms with E-state index in [9.17, 15) is 14.9 Å². The Bertz CT molecular complexity index is 1030. The van der Waals surface area contributed by atoms with Gasteiger partial charge in [-0.25, -0.2) is 10.1 Å². The third-order valence-electron chi connectivity index (χ3n) is 3.85. The molecule has 0 aliphatic heterocycles. The van der Waals surface area contributed by atoms with E-state index in [0.29, 0.717) is 11.4 Å². The molecule has 0 aliphatic carbocycles. The minimum Gasteiger partial charge on any atom is -0.329 e. The summed E-state index contributed by atoms with van der Waals surface area (Å²) in [6.07, 6.45) is 1.66. The number of anilines is 2. The Morgan fingerprint density at radius 2 is 1.26 bits per heavy atom. The molecule has 0 fully saturated rings. The first-order valence-corrected chi connectivity index (χ1v) is 8.28. The number of rotatable bonds is 3. The first kappa shape index (κ1) is 17.9. The van der Waals surface area contributed by atoms with Gasteiger partial charge in [-0.3, -0.25) is 4.79 Å². The number of aromatic nitrogens is 1. The van der Waals surface area contributed by atoms with Crippen LogP contribution in [0.15, 0.2) is 102 Å². The average molecular weight is 359 g/mol. The molecular formula is C21H17N3O3. The maximum Gasteiger partial charge on any atom is 0.255 e. The van der Waals surface area contributed by atoms with Crippen LogP contribution in [0, 0.1) is 10.1 Å². The lowest BCUT2D eigenvalue weighted by molar-refractivity contribution is -0.483. The van der Waals surface area contributed by atoms with Crippen molar-refractivity contribution in [2.75, 3.05) is 5.01 Å². The number of pyridine rings is 1. The number of benzene rings is 3. The van der Waals surface area contributed by atoms with Gasteiger partial charge in [0, 0.05) is 11.6 Å². The van der Waals surface area contributed by atoms with Crippen LogP contribution in [0.25, 0.3) is 10.8 Å². The number of H-pyrrole nitrogens is 1. The normalized spacial score (nSPS) is 9.93. The summed E-state index contributed by atoms with van der Waals surface area (Å²) in [4.78, 5) is 24.8. The highest BCUT2D eigenvalue weighted by atomic mass is 16.7. The highest BCUT2D eigenvalue weighted by Crippen LogP contribution is 2.24.